The fourth-order valence-electron chi connectivity index (χ4n) is 3.38. The minimum atomic E-state index is -0.374. The zero-order chi connectivity index (χ0) is 20.1. The Hall–Kier alpha value is -3.19. The Morgan fingerprint density at radius 2 is 1.97 bits per heavy atom. The average Bonchev–Trinajstić information content (AvgIpc) is 2.78. The van der Waals surface area contributed by atoms with Crippen LogP contribution in [0.25, 0.3) is 22.2 Å². The molecule has 4 rings (SSSR count). The van der Waals surface area contributed by atoms with Gasteiger partial charge in [-0.25, -0.2) is 9.78 Å². The molecule has 0 atom stereocenters. The molecule has 0 amide bonds. The van der Waals surface area contributed by atoms with Crippen molar-refractivity contribution in [3.8, 4) is 17.0 Å². The maximum Gasteiger partial charge on any atom is 0.344 e. The van der Waals surface area contributed by atoms with Gasteiger partial charge in [0.05, 0.1) is 12.3 Å². The minimum absolute atomic E-state index is 0.0970. The van der Waals surface area contributed by atoms with Crippen LogP contribution in [-0.2, 0) is 9.53 Å². The average molecular weight is 392 g/mol. The van der Waals surface area contributed by atoms with Gasteiger partial charge in [0.15, 0.2) is 12.4 Å². The van der Waals surface area contributed by atoms with Gasteiger partial charge in [0, 0.05) is 43.3 Å². The van der Waals surface area contributed by atoms with Gasteiger partial charge in [-0.2, -0.15) is 0 Å². The molecule has 3 heterocycles. The summed E-state index contributed by atoms with van der Waals surface area (Å²) in [4.78, 5) is 23.2. The van der Waals surface area contributed by atoms with Gasteiger partial charge in [0.2, 0.25) is 0 Å². The Labute approximate surface area is 169 Å². The van der Waals surface area contributed by atoms with Crippen LogP contribution in [0.1, 0.15) is 6.92 Å². The maximum atomic E-state index is 11.4. The number of fused-ring (bicyclic) bond motifs is 1. The van der Waals surface area contributed by atoms with E-state index in [1.54, 1.807) is 6.92 Å². The van der Waals surface area contributed by atoms with E-state index in [4.69, 9.17) is 14.5 Å². The molecule has 2 aromatic heterocycles. The zero-order valence-electron chi connectivity index (χ0n) is 16.4. The van der Waals surface area contributed by atoms with Crippen LogP contribution in [0.5, 0.6) is 5.75 Å². The molecule has 150 valence electrons. The first-order chi connectivity index (χ1) is 14.2. The van der Waals surface area contributed by atoms with Crippen LogP contribution in [0.4, 0.5) is 5.82 Å². The van der Waals surface area contributed by atoms with Crippen molar-refractivity contribution in [2.24, 2.45) is 0 Å². The first-order valence-electron chi connectivity index (χ1n) is 9.85. The minimum Gasteiger partial charge on any atom is -0.482 e. The van der Waals surface area contributed by atoms with E-state index in [2.05, 4.69) is 27.3 Å². The smallest absolute Gasteiger partial charge is 0.344 e. The molecule has 1 fully saturated rings. The summed E-state index contributed by atoms with van der Waals surface area (Å²) < 4.78 is 10.4. The van der Waals surface area contributed by atoms with E-state index < -0.39 is 0 Å². The van der Waals surface area contributed by atoms with Crippen LogP contribution >= 0.6 is 0 Å². The van der Waals surface area contributed by atoms with Gasteiger partial charge >= 0.3 is 5.97 Å². The monoisotopic (exact) mass is 392 g/mol. The lowest BCUT2D eigenvalue weighted by Gasteiger charge is -2.29. The van der Waals surface area contributed by atoms with Gasteiger partial charge in [0.1, 0.15) is 11.3 Å². The highest BCUT2D eigenvalue weighted by Crippen LogP contribution is 2.29. The van der Waals surface area contributed by atoms with E-state index in [9.17, 15) is 4.79 Å². The quantitative estimate of drug-likeness (QED) is 0.646. The molecule has 7 nitrogen and oxygen atoms in total. The van der Waals surface area contributed by atoms with Crippen molar-refractivity contribution in [1.82, 2.24) is 15.3 Å². The number of esters is 1. The second-order valence-electron chi connectivity index (χ2n) is 6.76. The van der Waals surface area contributed by atoms with Gasteiger partial charge in [-0.3, -0.25) is 4.98 Å². The summed E-state index contributed by atoms with van der Waals surface area (Å²) in [5, 5.41) is 4.44. The maximum absolute atomic E-state index is 11.4. The van der Waals surface area contributed by atoms with Crippen LogP contribution in [0.3, 0.4) is 0 Å². The Bertz CT molecular complexity index is 985. The van der Waals surface area contributed by atoms with Crippen LogP contribution < -0.4 is 15.0 Å². The van der Waals surface area contributed by atoms with E-state index in [0.29, 0.717) is 12.4 Å². The molecule has 0 aliphatic carbocycles. The second kappa shape index (κ2) is 8.87. The van der Waals surface area contributed by atoms with Crippen LogP contribution in [-0.4, -0.2) is 55.3 Å². The largest absolute Gasteiger partial charge is 0.482 e. The molecular formula is C22H24N4O3. The van der Waals surface area contributed by atoms with E-state index in [-0.39, 0.29) is 12.6 Å². The number of nitrogens with zero attached hydrogens (tertiary/aromatic N) is 3. The first-order valence-corrected chi connectivity index (χ1v) is 9.85. The molecule has 1 aromatic carbocycles. The number of aromatic nitrogens is 2. The Balaban J connectivity index is 1.61. The summed E-state index contributed by atoms with van der Waals surface area (Å²) in [6, 6.07) is 13.7. The van der Waals surface area contributed by atoms with E-state index in [1.165, 1.54) is 0 Å². The van der Waals surface area contributed by atoms with Gasteiger partial charge in [-0.05, 0) is 43.3 Å². The lowest BCUT2D eigenvalue weighted by molar-refractivity contribution is -0.145. The molecule has 1 saturated heterocycles. The van der Waals surface area contributed by atoms with Crippen LogP contribution in [0.2, 0.25) is 0 Å². The number of ether oxygens (including phenoxy) is 2. The fraction of sp³-hybridized carbons (Fsp3) is 0.318. The molecule has 1 aliphatic rings. The number of rotatable bonds is 6. The molecular weight excluding hydrogens is 368 g/mol. The summed E-state index contributed by atoms with van der Waals surface area (Å²) in [7, 11) is 0. The zero-order valence-corrected chi connectivity index (χ0v) is 16.4. The van der Waals surface area contributed by atoms with Crippen LogP contribution in [0.15, 0.2) is 48.7 Å². The third-order valence-electron chi connectivity index (χ3n) is 4.80. The molecule has 0 spiro atoms. The number of carbonyl (C=O) groups excluding carboxylic acids is 1. The van der Waals surface area contributed by atoms with E-state index >= 15 is 0 Å². The molecule has 29 heavy (non-hydrogen) atoms. The second-order valence-corrected chi connectivity index (χ2v) is 6.76. The number of carbonyl (C=O) groups is 1. The molecule has 0 saturated carbocycles. The highest BCUT2D eigenvalue weighted by Gasteiger charge is 2.17. The molecule has 1 N–H and O–H groups in total. The standard InChI is InChI=1S/C22H24N4O3/c1-2-28-20(27)15-29-18-7-5-16(6-8-18)19-14-17-4-3-9-24-21(17)22(25-19)26-12-10-23-11-13-26/h3-9,14,23H,2,10-13,15H2,1H3. The van der Waals surface area contributed by atoms with Gasteiger partial charge in [0.25, 0.3) is 0 Å². The normalized spacial score (nSPS) is 14.0. The third-order valence-corrected chi connectivity index (χ3v) is 4.80. The molecule has 0 bridgehead atoms. The SMILES string of the molecule is CCOC(=O)COc1ccc(-c2cc3cccnc3c(N3CCNCC3)n2)cc1. The van der Waals surface area contributed by atoms with Crippen LogP contribution in [0, 0.1) is 0 Å². The summed E-state index contributed by atoms with van der Waals surface area (Å²) in [6.07, 6.45) is 1.81. The van der Waals surface area contributed by atoms with E-state index in [0.717, 1.165) is 54.2 Å². The number of hydrogen-bond donors (Lipinski definition) is 1. The van der Waals surface area contributed by atoms with Crippen molar-refractivity contribution < 1.29 is 14.3 Å². The van der Waals surface area contributed by atoms with Crippen molar-refractivity contribution in [3.05, 3.63) is 48.7 Å². The number of hydrogen-bond acceptors (Lipinski definition) is 7. The predicted octanol–water partition coefficient (Wildman–Crippen LogP) is 2.65. The summed E-state index contributed by atoms with van der Waals surface area (Å²) >= 11 is 0. The summed E-state index contributed by atoms with van der Waals surface area (Å²) in [6.45, 7) is 5.71. The molecule has 1 aliphatic heterocycles. The molecule has 0 radical (unpaired) electrons. The summed E-state index contributed by atoms with van der Waals surface area (Å²) in [5.41, 5.74) is 2.79. The van der Waals surface area contributed by atoms with Crippen molar-refractivity contribution in [2.45, 2.75) is 6.92 Å². The Morgan fingerprint density at radius 3 is 2.72 bits per heavy atom. The predicted molar refractivity (Wildman–Crippen MR) is 112 cm³/mol. The number of pyridine rings is 2. The highest BCUT2D eigenvalue weighted by molar-refractivity contribution is 5.91. The highest BCUT2D eigenvalue weighted by atomic mass is 16.6. The van der Waals surface area contributed by atoms with Gasteiger partial charge in [-0.15, -0.1) is 0 Å². The number of benzene rings is 1. The molecule has 0 unspecified atom stereocenters. The fourth-order valence-corrected chi connectivity index (χ4v) is 3.38. The Morgan fingerprint density at radius 1 is 1.17 bits per heavy atom. The van der Waals surface area contributed by atoms with Gasteiger partial charge in [-0.1, -0.05) is 6.07 Å². The van der Waals surface area contributed by atoms with Crippen molar-refractivity contribution in [2.75, 3.05) is 44.3 Å². The number of anilines is 1. The number of nitrogens with one attached hydrogen (secondary N) is 1. The molecule has 7 heteroatoms. The lowest BCUT2D eigenvalue weighted by atomic mass is 10.1. The topological polar surface area (TPSA) is 76.6 Å². The molecule has 3 aromatic rings. The van der Waals surface area contributed by atoms with Crippen molar-refractivity contribution in [1.29, 1.82) is 0 Å². The van der Waals surface area contributed by atoms with E-state index in [1.807, 2.05) is 36.5 Å². The first kappa shape index (κ1) is 19.1. The lowest BCUT2D eigenvalue weighted by Crippen LogP contribution is -2.44. The van der Waals surface area contributed by atoms with Crippen molar-refractivity contribution >= 4 is 22.7 Å². The Kier molecular flexibility index (Phi) is 5.86. The summed E-state index contributed by atoms with van der Waals surface area (Å²) in [5.74, 6) is 1.16. The van der Waals surface area contributed by atoms with Gasteiger partial charge < -0.3 is 19.7 Å². The third kappa shape index (κ3) is 4.46. The number of piperazine rings is 1. The van der Waals surface area contributed by atoms with Crippen molar-refractivity contribution in [3.63, 3.8) is 0 Å².